The molecule has 0 bridgehead atoms. The van der Waals surface area contributed by atoms with Crippen molar-refractivity contribution in [3.05, 3.63) is 11.8 Å². The van der Waals surface area contributed by atoms with Crippen molar-refractivity contribution in [3.63, 3.8) is 0 Å². The SMILES string of the molecule is CNC(C)c1nnc(C(=O)O)o1. The number of carbonyl (C=O) groups is 1. The van der Waals surface area contributed by atoms with Crippen LogP contribution in [0, 0.1) is 0 Å². The Kier molecular flexibility index (Phi) is 2.39. The van der Waals surface area contributed by atoms with E-state index in [1.54, 1.807) is 14.0 Å². The smallest absolute Gasteiger partial charge is 0.393 e. The molecule has 1 aromatic rings. The maximum Gasteiger partial charge on any atom is 0.393 e. The summed E-state index contributed by atoms with van der Waals surface area (Å²) in [7, 11) is 1.72. The normalized spacial score (nSPS) is 12.8. The molecule has 0 aromatic carbocycles. The average molecular weight is 171 g/mol. The molecule has 0 saturated carbocycles. The van der Waals surface area contributed by atoms with E-state index in [2.05, 4.69) is 15.5 Å². The maximum atomic E-state index is 10.3. The van der Waals surface area contributed by atoms with Crippen molar-refractivity contribution in [1.82, 2.24) is 15.5 Å². The van der Waals surface area contributed by atoms with Gasteiger partial charge in [-0.25, -0.2) is 4.79 Å². The number of nitrogens with one attached hydrogen (secondary N) is 1. The molecule has 66 valence electrons. The second kappa shape index (κ2) is 3.31. The summed E-state index contributed by atoms with van der Waals surface area (Å²) in [4.78, 5) is 10.3. The van der Waals surface area contributed by atoms with Gasteiger partial charge in [-0.2, -0.15) is 0 Å². The van der Waals surface area contributed by atoms with Crippen LogP contribution in [-0.2, 0) is 0 Å². The van der Waals surface area contributed by atoms with Crippen LogP contribution in [0.25, 0.3) is 0 Å². The van der Waals surface area contributed by atoms with E-state index in [-0.39, 0.29) is 17.8 Å². The summed E-state index contributed by atoms with van der Waals surface area (Å²) < 4.78 is 4.81. The minimum Gasteiger partial charge on any atom is -0.474 e. The van der Waals surface area contributed by atoms with Crippen LogP contribution < -0.4 is 5.32 Å². The molecule has 1 atom stereocenters. The van der Waals surface area contributed by atoms with Gasteiger partial charge in [0.2, 0.25) is 5.89 Å². The van der Waals surface area contributed by atoms with Crippen LogP contribution in [0.2, 0.25) is 0 Å². The van der Waals surface area contributed by atoms with Crippen LogP contribution in [0.3, 0.4) is 0 Å². The lowest BCUT2D eigenvalue weighted by Crippen LogP contribution is -2.12. The molecule has 2 N–H and O–H groups in total. The molecule has 6 heteroatoms. The highest BCUT2D eigenvalue weighted by atomic mass is 16.4. The Labute approximate surface area is 68.6 Å². The van der Waals surface area contributed by atoms with Crippen LogP contribution >= 0.6 is 0 Å². The quantitative estimate of drug-likeness (QED) is 0.667. The molecule has 1 rings (SSSR count). The first-order valence-electron chi connectivity index (χ1n) is 3.39. The molecule has 1 unspecified atom stereocenters. The van der Waals surface area contributed by atoms with Crippen LogP contribution in [0.4, 0.5) is 0 Å². The largest absolute Gasteiger partial charge is 0.474 e. The van der Waals surface area contributed by atoms with Gasteiger partial charge in [0, 0.05) is 0 Å². The highest BCUT2D eigenvalue weighted by Gasteiger charge is 2.15. The Hall–Kier alpha value is -1.43. The van der Waals surface area contributed by atoms with Crippen molar-refractivity contribution in [2.24, 2.45) is 0 Å². The van der Waals surface area contributed by atoms with Crippen molar-refractivity contribution in [1.29, 1.82) is 0 Å². The van der Waals surface area contributed by atoms with Gasteiger partial charge >= 0.3 is 11.9 Å². The summed E-state index contributed by atoms with van der Waals surface area (Å²) in [6, 6.07) is -0.134. The van der Waals surface area contributed by atoms with E-state index in [0.29, 0.717) is 0 Å². The maximum absolute atomic E-state index is 10.3. The zero-order chi connectivity index (χ0) is 9.14. The standard InChI is InChI=1S/C6H9N3O3/c1-3(7-2)4-8-9-5(12-4)6(10)11/h3,7H,1-2H3,(H,10,11). The first-order valence-corrected chi connectivity index (χ1v) is 3.39. The van der Waals surface area contributed by atoms with E-state index in [4.69, 9.17) is 9.52 Å². The van der Waals surface area contributed by atoms with E-state index in [1.807, 2.05) is 0 Å². The van der Waals surface area contributed by atoms with Gasteiger partial charge in [0.15, 0.2) is 0 Å². The third-order valence-corrected chi connectivity index (χ3v) is 1.43. The van der Waals surface area contributed by atoms with Gasteiger partial charge in [0.25, 0.3) is 0 Å². The minimum absolute atomic E-state index is 0.134. The summed E-state index contributed by atoms with van der Waals surface area (Å²) in [5.41, 5.74) is 0. The first-order chi connectivity index (χ1) is 5.65. The fourth-order valence-electron chi connectivity index (χ4n) is 0.619. The van der Waals surface area contributed by atoms with Crippen LogP contribution in [0.5, 0.6) is 0 Å². The molecule has 0 spiro atoms. The molecule has 0 radical (unpaired) electrons. The molecule has 0 fully saturated rings. The first kappa shape index (κ1) is 8.66. The lowest BCUT2D eigenvalue weighted by Gasteiger charge is -2.01. The summed E-state index contributed by atoms with van der Waals surface area (Å²) in [6.45, 7) is 1.79. The van der Waals surface area contributed by atoms with E-state index < -0.39 is 5.97 Å². The lowest BCUT2D eigenvalue weighted by molar-refractivity contribution is 0.0650. The lowest BCUT2D eigenvalue weighted by atomic mass is 10.3. The molecule has 0 aliphatic heterocycles. The van der Waals surface area contributed by atoms with Gasteiger partial charge in [0.05, 0.1) is 6.04 Å². The van der Waals surface area contributed by atoms with Crippen LogP contribution in [0.1, 0.15) is 29.5 Å². The van der Waals surface area contributed by atoms with Gasteiger partial charge in [-0.3, -0.25) is 0 Å². The zero-order valence-electron chi connectivity index (χ0n) is 6.74. The molecule has 0 amide bonds. The number of hydrogen-bond acceptors (Lipinski definition) is 5. The van der Waals surface area contributed by atoms with E-state index >= 15 is 0 Å². The van der Waals surface area contributed by atoms with Crippen molar-refractivity contribution in [3.8, 4) is 0 Å². The summed E-state index contributed by atoms with van der Waals surface area (Å²) in [5.74, 6) is -1.32. The second-order valence-corrected chi connectivity index (χ2v) is 2.26. The minimum atomic E-state index is -1.21. The molecule has 0 aliphatic carbocycles. The van der Waals surface area contributed by atoms with E-state index in [9.17, 15) is 4.79 Å². The molecular formula is C6H9N3O3. The molecular weight excluding hydrogens is 162 g/mol. The zero-order valence-corrected chi connectivity index (χ0v) is 6.74. The molecule has 1 aromatic heterocycles. The molecule has 1 heterocycles. The van der Waals surface area contributed by atoms with E-state index in [1.165, 1.54) is 0 Å². The summed E-state index contributed by atoms with van der Waals surface area (Å²) in [6.07, 6.45) is 0. The predicted octanol–water partition coefficient (Wildman–Crippen LogP) is 0.0482. The number of carboxylic acid groups (broad SMARTS) is 1. The third-order valence-electron chi connectivity index (χ3n) is 1.43. The Balaban J connectivity index is 2.84. The highest BCUT2D eigenvalue weighted by molar-refractivity contribution is 5.81. The Morgan fingerprint density at radius 1 is 1.67 bits per heavy atom. The highest BCUT2D eigenvalue weighted by Crippen LogP contribution is 2.08. The molecule has 0 saturated heterocycles. The van der Waals surface area contributed by atoms with Crippen LogP contribution in [0.15, 0.2) is 4.42 Å². The van der Waals surface area contributed by atoms with Crippen molar-refractivity contribution in [2.75, 3.05) is 7.05 Å². The summed E-state index contributed by atoms with van der Waals surface area (Å²) >= 11 is 0. The summed E-state index contributed by atoms with van der Waals surface area (Å²) in [5, 5.41) is 18.2. The van der Waals surface area contributed by atoms with Gasteiger partial charge in [0.1, 0.15) is 0 Å². The fourth-order valence-corrected chi connectivity index (χ4v) is 0.619. The Morgan fingerprint density at radius 2 is 2.33 bits per heavy atom. The average Bonchev–Trinajstić information content (AvgIpc) is 2.51. The van der Waals surface area contributed by atoms with Gasteiger partial charge in [-0.05, 0) is 14.0 Å². The number of aromatic carboxylic acids is 1. The monoisotopic (exact) mass is 171 g/mol. The van der Waals surface area contributed by atoms with Crippen molar-refractivity contribution >= 4 is 5.97 Å². The molecule has 6 nitrogen and oxygen atoms in total. The van der Waals surface area contributed by atoms with Gasteiger partial charge in [-0.1, -0.05) is 0 Å². The molecule has 12 heavy (non-hydrogen) atoms. The van der Waals surface area contributed by atoms with Gasteiger partial charge in [-0.15, -0.1) is 10.2 Å². The third kappa shape index (κ3) is 1.59. The Bertz CT molecular complexity index is 283. The predicted molar refractivity (Wildman–Crippen MR) is 38.7 cm³/mol. The van der Waals surface area contributed by atoms with Crippen LogP contribution in [-0.4, -0.2) is 28.3 Å². The molecule has 0 aliphatic rings. The second-order valence-electron chi connectivity index (χ2n) is 2.26. The van der Waals surface area contributed by atoms with Crippen molar-refractivity contribution < 1.29 is 14.3 Å². The number of hydrogen-bond donors (Lipinski definition) is 2. The number of rotatable bonds is 3. The Morgan fingerprint density at radius 3 is 2.75 bits per heavy atom. The number of carboxylic acids is 1. The topological polar surface area (TPSA) is 88.2 Å². The fraction of sp³-hybridized carbons (Fsp3) is 0.500. The van der Waals surface area contributed by atoms with E-state index in [0.717, 1.165) is 0 Å². The number of aromatic nitrogens is 2. The van der Waals surface area contributed by atoms with Gasteiger partial charge < -0.3 is 14.8 Å². The number of nitrogens with zero attached hydrogens (tertiary/aromatic N) is 2. The van der Waals surface area contributed by atoms with Crippen molar-refractivity contribution in [2.45, 2.75) is 13.0 Å².